The summed E-state index contributed by atoms with van der Waals surface area (Å²) in [6.45, 7) is 12.0. The molecule has 0 bridgehead atoms. The molecule has 0 atom stereocenters. The lowest BCUT2D eigenvalue weighted by molar-refractivity contribution is 0.0501. The van der Waals surface area contributed by atoms with Crippen molar-refractivity contribution in [2.24, 2.45) is 0 Å². The maximum atomic E-state index is 12.3. The molecule has 0 aliphatic carbocycles. The second kappa shape index (κ2) is 7.49. The van der Waals surface area contributed by atoms with Crippen LogP contribution in [0.15, 0.2) is 18.2 Å². The molecule has 0 radical (unpaired) electrons. The highest BCUT2D eigenvalue weighted by Crippen LogP contribution is 2.23. The summed E-state index contributed by atoms with van der Waals surface area (Å²) in [5, 5.41) is 12.7. The van der Waals surface area contributed by atoms with Crippen molar-refractivity contribution in [2.75, 3.05) is 18.4 Å². The number of hydrogen-bond acceptors (Lipinski definition) is 3. The van der Waals surface area contributed by atoms with Crippen LogP contribution in [-0.2, 0) is 0 Å². The molecule has 2 amide bonds. The van der Waals surface area contributed by atoms with Gasteiger partial charge in [-0.15, -0.1) is 0 Å². The molecule has 5 heteroatoms. The highest BCUT2D eigenvalue weighted by Gasteiger charge is 2.21. The molecule has 0 saturated carbocycles. The van der Waals surface area contributed by atoms with Gasteiger partial charge in [0.2, 0.25) is 0 Å². The highest BCUT2D eigenvalue weighted by atomic mass is 16.5. The molecule has 0 aromatic heterocycles. The van der Waals surface area contributed by atoms with Gasteiger partial charge in [-0.25, -0.2) is 4.79 Å². The number of rotatable bonds is 6. The first-order valence-corrected chi connectivity index (χ1v) is 7.68. The zero-order valence-corrected chi connectivity index (χ0v) is 14.4. The van der Waals surface area contributed by atoms with E-state index in [2.05, 4.69) is 5.32 Å². The molecule has 0 heterocycles. The van der Waals surface area contributed by atoms with Gasteiger partial charge in [0.05, 0.1) is 18.2 Å². The number of aryl methyl sites for hydroxylation is 1. The molecule has 2 N–H and O–H groups in total. The third-order valence-corrected chi connectivity index (χ3v) is 3.04. The Hall–Kier alpha value is -1.75. The Morgan fingerprint density at radius 1 is 1.41 bits per heavy atom. The van der Waals surface area contributed by atoms with Crippen LogP contribution in [0.25, 0.3) is 0 Å². The van der Waals surface area contributed by atoms with Crippen molar-refractivity contribution in [3.63, 3.8) is 0 Å². The lowest BCUT2D eigenvalue weighted by Crippen LogP contribution is -2.44. The third kappa shape index (κ3) is 5.93. The SMILES string of the molecule is CCN(CC(C)(C)O)C(=O)Nc1ccc(OC(C)C)c(C)c1. The van der Waals surface area contributed by atoms with Gasteiger partial charge >= 0.3 is 6.03 Å². The Morgan fingerprint density at radius 3 is 2.50 bits per heavy atom. The number of hydrogen-bond donors (Lipinski definition) is 2. The Balaban J connectivity index is 2.77. The minimum absolute atomic E-state index is 0.113. The summed E-state index contributed by atoms with van der Waals surface area (Å²) in [5.74, 6) is 0.817. The molecule has 22 heavy (non-hydrogen) atoms. The number of nitrogens with one attached hydrogen (secondary N) is 1. The molecule has 1 rings (SSSR count). The number of urea groups is 1. The fourth-order valence-corrected chi connectivity index (χ4v) is 2.11. The van der Waals surface area contributed by atoms with Gasteiger partial charge in [-0.1, -0.05) is 0 Å². The van der Waals surface area contributed by atoms with Gasteiger partial charge in [0.1, 0.15) is 5.75 Å². The van der Waals surface area contributed by atoms with Crippen LogP contribution in [-0.4, -0.2) is 40.8 Å². The Bertz CT molecular complexity index is 507. The van der Waals surface area contributed by atoms with E-state index in [-0.39, 0.29) is 18.7 Å². The molecule has 1 aromatic rings. The molecular weight excluding hydrogens is 280 g/mol. The van der Waals surface area contributed by atoms with Crippen molar-refractivity contribution in [3.8, 4) is 5.75 Å². The van der Waals surface area contributed by atoms with Crippen molar-refractivity contribution >= 4 is 11.7 Å². The van der Waals surface area contributed by atoms with Crippen molar-refractivity contribution in [1.29, 1.82) is 0 Å². The van der Waals surface area contributed by atoms with Crippen LogP contribution in [0.5, 0.6) is 5.75 Å². The number of aliphatic hydroxyl groups is 1. The topological polar surface area (TPSA) is 61.8 Å². The number of likely N-dealkylation sites (N-methyl/N-ethyl adjacent to an activating group) is 1. The standard InChI is InChI=1S/C17H28N2O3/c1-7-19(11-17(5,6)21)16(20)18-14-8-9-15(13(4)10-14)22-12(2)3/h8-10,12,21H,7,11H2,1-6H3,(H,18,20). The van der Waals surface area contributed by atoms with E-state index in [1.807, 2.05) is 45.9 Å². The second-order valence-corrected chi connectivity index (χ2v) is 6.40. The van der Waals surface area contributed by atoms with E-state index in [9.17, 15) is 9.90 Å². The van der Waals surface area contributed by atoms with Crippen molar-refractivity contribution in [2.45, 2.75) is 53.2 Å². The lowest BCUT2D eigenvalue weighted by atomic mass is 10.1. The van der Waals surface area contributed by atoms with Gasteiger partial charge in [-0.2, -0.15) is 0 Å². The predicted molar refractivity (Wildman–Crippen MR) is 89.5 cm³/mol. The fraction of sp³-hybridized carbons (Fsp3) is 0.588. The lowest BCUT2D eigenvalue weighted by Gasteiger charge is -2.28. The Morgan fingerprint density at radius 2 is 2.05 bits per heavy atom. The first-order chi connectivity index (χ1) is 10.1. The van der Waals surface area contributed by atoms with E-state index < -0.39 is 5.60 Å². The van der Waals surface area contributed by atoms with Crippen LogP contribution in [0.3, 0.4) is 0 Å². The molecule has 5 nitrogen and oxygen atoms in total. The molecule has 0 aliphatic rings. The molecule has 0 saturated heterocycles. The monoisotopic (exact) mass is 308 g/mol. The number of amides is 2. The number of carbonyl (C=O) groups excluding carboxylic acids is 1. The number of nitrogens with zero attached hydrogens (tertiary/aromatic N) is 1. The normalized spacial score (nSPS) is 11.5. The number of carbonyl (C=O) groups is 1. The van der Waals surface area contributed by atoms with Crippen LogP contribution < -0.4 is 10.1 Å². The zero-order valence-electron chi connectivity index (χ0n) is 14.4. The highest BCUT2D eigenvalue weighted by molar-refractivity contribution is 5.89. The second-order valence-electron chi connectivity index (χ2n) is 6.40. The van der Waals surface area contributed by atoms with Crippen LogP contribution >= 0.6 is 0 Å². The van der Waals surface area contributed by atoms with E-state index in [1.165, 1.54) is 0 Å². The maximum absolute atomic E-state index is 12.3. The minimum atomic E-state index is -0.918. The summed E-state index contributed by atoms with van der Waals surface area (Å²) in [5.41, 5.74) is 0.767. The van der Waals surface area contributed by atoms with Gasteiger partial charge in [-0.05, 0) is 65.3 Å². The summed E-state index contributed by atoms with van der Waals surface area (Å²) in [6, 6.07) is 5.34. The summed E-state index contributed by atoms with van der Waals surface area (Å²) in [7, 11) is 0. The molecular formula is C17H28N2O3. The molecule has 0 aliphatic heterocycles. The van der Waals surface area contributed by atoms with Crippen LogP contribution in [0.1, 0.15) is 40.2 Å². The maximum Gasteiger partial charge on any atom is 0.321 e. The number of anilines is 1. The molecule has 1 aromatic carbocycles. The average Bonchev–Trinajstić information content (AvgIpc) is 2.37. The summed E-state index contributed by atoms with van der Waals surface area (Å²) in [4.78, 5) is 13.8. The van der Waals surface area contributed by atoms with Crippen molar-refractivity contribution in [1.82, 2.24) is 4.90 Å². The van der Waals surface area contributed by atoms with E-state index in [1.54, 1.807) is 18.7 Å². The Labute approximate surface area is 133 Å². The molecule has 124 valence electrons. The smallest absolute Gasteiger partial charge is 0.321 e. The van der Waals surface area contributed by atoms with E-state index in [0.717, 1.165) is 11.3 Å². The first kappa shape index (κ1) is 18.3. The zero-order chi connectivity index (χ0) is 16.9. The van der Waals surface area contributed by atoms with Crippen LogP contribution in [0.4, 0.5) is 10.5 Å². The van der Waals surface area contributed by atoms with Crippen LogP contribution in [0, 0.1) is 6.92 Å². The first-order valence-electron chi connectivity index (χ1n) is 7.68. The average molecular weight is 308 g/mol. The van der Waals surface area contributed by atoms with E-state index >= 15 is 0 Å². The van der Waals surface area contributed by atoms with Crippen molar-refractivity contribution in [3.05, 3.63) is 23.8 Å². The summed E-state index contributed by atoms with van der Waals surface area (Å²) in [6.07, 6.45) is 0.113. The summed E-state index contributed by atoms with van der Waals surface area (Å²) < 4.78 is 5.68. The van der Waals surface area contributed by atoms with Gasteiger partial charge in [0.25, 0.3) is 0 Å². The van der Waals surface area contributed by atoms with Gasteiger partial charge < -0.3 is 20.1 Å². The number of ether oxygens (including phenoxy) is 1. The van der Waals surface area contributed by atoms with Gasteiger partial charge in [-0.3, -0.25) is 0 Å². The van der Waals surface area contributed by atoms with Gasteiger partial charge in [0.15, 0.2) is 0 Å². The van der Waals surface area contributed by atoms with Crippen molar-refractivity contribution < 1.29 is 14.6 Å². The quantitative estimate of drug-likeness (QED) is 0.846. The molecule has 0 fully saturated rings. The third-order valence-electron chi connectivity index (χ3n) is 3.04. The van der Waals surface area contributed by atoms with Crippen LogP contribution in [0.2, 0.25) is 0 Å². The van der Waals surface area contributed by atoms with E-state index in [4.69, 9.17) is 4.74 Å². The molecule has 0 spiro atoms. The van der Waals surface area contributed by atoms with E-state index in [0.29, 0.717) is 12.2 Å². The summed E-state index contributed by atoms with van der Waals surface area (Å²) >= 11 is 0. The van der Waals surface area contributed by atoms with Gasteiger partial charge in [0, 0.05) is 12.2 Å². The minimum Gasteiger partial charge on any atom is -0.491 e. The fourth-order valence-electron chi connectivity index (χ4n) is 2.11. The largest absolute Gasteiger partial charge is 0.491 e. The predicted octanol–water partition coefficient (Wildman–Crippen LogP) is 3.41. The number of benzene rings is 1. The molecule has 0 unspecified atom stereocenters. The Kier molecular flexibility index (Phi) is 6.23.